The van der Waals surface area contributed by atoms with Gasteiger partial charge < -0.3 is 5.11 Å². The average molecular weight is 302 g/mol. The molecule has 3 saturated carbocycles. The third kappa shape index (κ3) is 1.72. The molecule has 0 saturated heterocycles. The van der Waals surface area contributed by atoms with Crippen LogP contribution in [0.3, 0.4) is 0 Å². The van der Waals surface area contributed by atoms with Crippen molar-refractivity contribution < 1.29 is 14.7 Å². The van der Waals surface area contributed by atoms with Crippen LogP contribution in [-0.2, 0) is 9.59 Å². The first-order chi connectivity index (χ1) is 10.4. The lowest BCUT2D eigenvalue weighted by molar-refractivity contribution is -0.147. The van der Waals surface area contributed by atoms with Crippen LogP contribution in [0.4, 0.5) is 0 Å². The van der Waals surface area contributed by atoms with Gasteiger partial charge in [0.25, 0.3) is 0 Å². The predicted octanol–water partition coefficient (Wildman–Crippen LogP) is 3.06. The number of fused-ring (bicyclic) bond motifs is 5. The molecular formula is C19H26O3. The number of allylic oxidation sites excluding steroid dienone is 1. The molecule has 4 aliphatic carbocycles. The molecule has 0 bridgehead atoms. The second-order valence-electron chi connectivity index (χ2n) is 8.54. The number of aliphatic hydroxyl groups is 1. The molecule has 0 radical (unpaired) electrons. The molecule has 3 heteroatoms. The monoisotopic (exact) mass is 302 g/mol. The lowest BCUT2D eigenvalue weighted by Crippen LogP contribution is -2.56. The molecular weight excluding hydrogens is 276 g/mol. The lowest BCUT2D eigenvalue weighted by Gasteiger charge is -2.58. The van der Waals surface area contributed by atoms with Gasteiger partial charge in [0.1, 0.15) is 5.78 Å². The van der Waals surface area contributed by atoms with E-state index in [0.717, 1.165) is 25.7 Å². The van der Waals surface area contributed by atoms with Crippen molar-refractivity contribution in [2.45, 2.75) is 64.9 Å². The Morgan fingerprint density at radius 2 is 1.86 bits per heavy atom. The minimum atomic E-state index is -0.407. The normalized spacial score (nSPS) is 51.0. The number of aliphatic hydroxyl groups excluding tert-OH is 1. The number of carbonyl (C=O) groups excluding carboxylic acids is 2. The van der Waals surface area contributed by atoms with Crippen molar-refractivity contribution in [2.24, 2.45) is 28.6 Å². The Bertz CT molecular complexity index is 577. The number of carbonyl (C=O) groups is 2. The van der Waals surface area contributed by atoms with Crippen LogP contribution < -0.4 is 0 Å². The molecule has 22 heavy (non-hydrogen) atoms. The molecule has 120 valence electrons. The van der Waals surface area contributed by atoms with Crippen molar-refractivity contribution >= 4 is 11.6 Å². The van der Waals surface area contributed by atoms with Crippen LogP contribution in [-0.4, -0.2) is 22.8 Å². The van der Waals surface area contributed by atoms with Crippen LogP contribution in [0.5, 0.6) is 0 Å². The summed E-state index contributed by atoms with van der Waals surface area (Å²) in [5.74, 6) is 1.71. The van der Waals surface area contributed by atoms with Gasteiger partial charge in [0.15, 0.2) is 5.78 Å². The molecule has 4 aliphatic rings. The third-order valence-corrected chi connectivity index (χ3v) is 7.61. The summed E-state index contributed by atoms with van der Waals surface area (Å²) in [7, 11) is 0. The molecule has 0 spiro atoms. The fraction of sp³-hybridized carbons (Fsp3) is 0.789. The smallest absolute Gasteiger partial charge is 0.155 e. The van der Waals surface area contributed by atoms with Crippen LogP contribution in [0, 0.1) is 28.6 Å². The van der Waals surface area contributed by atoms with E-state index in [2.05, 4.69) is 13.8 Å². The molecule has 0 aromatic heterocycles. The summed E-state index contributed by atoms with van der Waals surface area (Å²) in [6.45, 7) is 4.34. The second-order valence-corrected chi connectivity index (χ2v) is 8.54. The fourth-order valence-electron chi connectivity index (χ4n) is 6.46. The summed E-state index contributed by atoms with van der Waals surface area (Å²) < 4.78 is 0. The Hall–Kier alpha value is -0.960. The van der Waals surface area contributed by atoms with E-state index in [9.17, 15) is 14.7 Å². The zero-order valence-electron chi connectivity index (χ0n) is 13.6. The highest BCUT2D eigenvalue weighted by Gasteiger charge is 2.61. The first-order valence-corrected chi connectivity index (χ1v) is 8.81. The van der Waals surface area contributed by atoms with Crippen molar-refractivity contribution in [2.75, 3.05) is 0 Å². The van der Waals surface area contributed by atoms with E-state index in [1.165, 1.54) is 5.57 Å². The lowest BCUT2D eigenvalue weighted by atomic mass is 9.46. The van der Waals surface area contributed by atoms with E-state index in [0.29, 0.717) is 36.9 Å². The zero-order chi connectivity index (χ0) is 15.7. The first kappa shape index (κ1) is 14.6. The summed E-state index contributed by atoms with van der Waals surface area (Å²) in [6.07, 6.45) is 7.24. The molecule has 0 heterocycles. The SMILES string of the molecule is C[C@]12CCC(=O)C=C1CC[C@H]1[C@H]2[C@@H](O)C[C@@]2(C)C(=O)CC[C@H]12. The Balaban J connectivity index is 1.75. The summed E-state index contributed by atoms with van der Waals surface area (Å²) >= 11 is 0. The van der Waals surface area contributed by atoms with Gasteiger partial charge >= 0.3 is 0 Å². The van der Waals surface area contributed by atoms with Gasteiger partial charge in [-0.1, -0.05) is 19.4 Å². The highest BCUT2D eigenvalue weighted by Crippen LogP contribution is 2.64. The van der Waals surface area contributed by atoms with E-state index in [-0.39, 0.29) is 22.5 Å². The fourth-order valence-corrected chi connectivity index (χ4v) is 6.46. The maximum atomic E-state index is 12.4. The van der Waals surface area contributed by atoms with Crippen molar-refractivity contribution in [3.63, 3.8) is 0 Å². The summed E-state index contributed by atoms with van der Waals surface area (Å²) in [5, 5.41) is 10.9. The van der Waals surface area contributed by atoms with Gasteiger partial charge in [-0.05, 0) is 61.3 Å². The van der Waals surface area contributed by atoms with Crippen molar-refractivity contribution in [3.05, 3.63) is 11.6 Å². The van der Waals surface area contributed by atoms with E-state index in [1.807, 2.05) is 6.08 Å². The van der Waals surface area contributed by atoms with Crippen molar-refractivity contribution in [1.29, 1.82) is 0 Å². The Labute approximate surface area is 132 Å². The highest BCUT2D eigenvalue weighted by atomic mass is 16.3. The molecule has 3 nitrogen and oxygen atoms in total. The van der Waals surface area contributed by atoms with Crippen LogP contribution in [0.25, 0.3) is 0 Å². The number of hydrogen-bond donors (Lipinski definition) is 1. The van der Waals surface area contributed by atoms with Crippen molar-refractivity contribution in [1.82, 2.24) is 0 Å². The average Bonchev–Trinajstić information content (AvgIpc) is 2.75. The second kappa shape index (κ2) is 4.53. The summed E-state index contributed by atoms with van der Waals surface area (Å²) in [6, 6.07) is 0. The van der Waals surface area contributed by atoms with E-state index in [4.69, 9.17) is 0 Å². The van der Waals surface area contributed by atoms with Crippen LogP contribution in [0.15, 0.2) is 11.6 Å². The molecule has 0 aromatic carbocycles. The third-order valence-electron chi connectivity index (χ3n) is 7.61. The van der Waals surface area contributed by atoms with Crippen molar-refractivity contribution in [3.8, 4) is 0 Å². The molecule has 6 atom stereocenters. The Morgan fingerprint density at radius 3 is 2.64 bits per heavy atom. The summed E-state index contributed by atoms with van der Waals surface area (Å²) in [4.78, 5) is 24.2. The Morgan fingerprint density at radius 1 is 1.09 bits per heavy atom. The van der Waals surface area contributed by atoms with Gasteiger partial charge in [-0.15, -0.1) is 0 Å². The van der Waals surface area contributed by atoms with Crippen LogP contribution >= 0.6 is 0 Å². The Kier molecular flexibility index (Phi) is 3.01. The number of rotatable bonds is 0. The molecule has 0 aromatic rings. The minimum absolute atomic E-state index is 0.0385. The standard InChI is InChI=1S/C19H26O3/c1-18-8-7-12(20)9-11(18)3-4-13-14-5-6-16(22)19(14,2)10-15(21)17(13)18/h9,13-15,17,21H,3-8,10H2,1-2H3/t13-,14-,15+,17+,18+,19-/m1/s1. The molecule has 0 amide bonds. The topological polar surface area (TPSA) is 54.4 Å². The molecule has 0 aliphatic heterocycles. The maximum absolute atomic E-state index is 12.4. The van der Waals surface area contributed by atoms with Gasteiger partial charge in [0.2, 0.25) is 0 Å². The maximum Gasteiger partial charge on any atom is 0.155 e. The van der Waals surface area contributed by atoms with E-state index in [1.54, 1.807) is 0 Å². The predicted molar refractivity (Wildman–Crippen MR) is 83.1 cm³/mol. The van der Waals surface area contributed by atoms with E-state index >= 15 is 0 Å². The molecule has 1 N–H and O–H groups in total. The van der Waals surface area contributed by atoms with Gasteiger partial charge in [0.05, 0.1) is 6.10 Å². The van der Waals surface area contributed by atoms with Gasteiger partial charge in [0, 0.05) is 18.3 Å². The minimum Gasteiger partial charge on any atom is -0.393 e. The van der Waals surface area contributed by atoms with Gasteiger partial charge in [-0.2, -0.15) is 0 Å². The van der Waals surface area contributed by atoms with Crippen LogP contribution in [0.2, 0.25) is 0 Å². The van der Waals surface area contributed by atoms with Crippen LogP contribution in [0.1, 0.15) is 58.8 Å². The zero-order valence-corrected chi connectivity index (χ0v) is 13.6. The first-order valence-electron chi connectivity index (χ1n) is 8.81. The quantitative estimate of drug-likeness (QED) is 0.748. The highest BCUT2D eigenvalue weighted by molar-refractivity contribution is 5.91. The van der Waals surface area contributed by atoms with E-state index < -0.39 is 6.10 Å². The van der Waals surface area contributed by atoms with Gasteiger partial charge in [-0.3, -0.25) is 9.59 Å². The molecule has 4 rings (SSSR count). The molecule has 0 unspecified atom stereocenters. The van der Waals surface area contributed by atoms with Gasteiger partial charge in [-0.25, -0.2) is 0 Å². The molecule has 3 fully saturated rings. The number of Topliss-reactive ketones (excluding diaryl/α,β-unsaturated/α-hetero) is 1. The largest absolute Gasteiger partial charge is 0.393 e. The summed E-state index contributed by atoms with van der Waals surface area (Å²) in [5.41, 5.74) is 0.920. The number of ketones is 2. The number of hydrogen-bond acceptors (Lipinski definition) is 3.